The van der Waals surface area contributed by atoms with Crippen molar-refractivity contribution in [3.05, 3.63) is 0 Å². The molecule has 3 atom stereocenters. The van der Waals surface area contributed by atoms with E-state index in [1.54, 1.807) is 11.8 Å². The second kappa shape index (κ2) is 7.47. The molecule has 1 aliphatic rings. The van der Waals surface area contributed by atoms with Gasteiger partial charge in [0.15, 0.2) is 12.6 Å². The van der Waals surface area contributed by atoms with Crippen LogP contribution >= 0.6 is 11.8 Å². The summed E-state index contributed by atoms with van der Waals surface area (Å²) in [4.78, 5) is 0. The van der Waals surface area contributed by atoms with Gasteiger partial charge in [-0.2, -0.15) is 11.8 Å². The van der Waals surface area contributed by atoms with E-state index in [-0.39, 0.29) is 6.10 Å². The van der Waals surface area contributed by atoms with Crippen molar-refractivity contribution in [3.8, 4) is 0 Å². The molecule has 0 radical (unpaired) electrons. The van der Waals surface area contributed by atoms with Crippen LogP contribution in [0.5, 0.6) is 0 Å². The van der Waals surface area contributed by atoms with Gasteiger partial charge in [0.25, 0.3) is 0 Å². The fourth-order valence-electron chi connectivity index (χ4n) is 1.58. The Balaban J connectivity index is 1.92. The summed E-state index contributed by atoms with van der Waals surface area (Å²) in [7, 11) is 0. The molecular weight excluding hydrogens is 230 g/mol. The van der Waals surface area contributed by atoms with Crippen LogP contribution in [0.1, 0.15) is 25.7 Å². The van der Waals surface area contributed by atoms with Crippen molar-refractivity contribution in [2.75, 3.05) is 11.5 Å². The highest BCUT2D eigenvalue weighted by atomic mass is 32.2. The molecular formula is C10H21NO4S. The molecule has 1 aliphatic heterocycles. The first-order chi connectivity index (χ1) is 7.59. The first kappa shape index (κ1) is 14.2. The maximum Gasteiger partial charge on any atom is 0.166 e. The van der Waals surface area contributed by atoms with Crippen molar-refractivity contribution in [1.29, 1.82) is 0 Å². The van der Waals surface area contributed by atoms with E-state index in [0.29, 0.717) is 6.42 Å². The lowest BCUT2D eigenvalue weighted by Gasteiger charge is -2.13. The largest absolute Gasteiger partial charge is 0.368 e. The zero-order valence-electron chi connectivity index (χ0n) is 9.29. The quantitative estimate of drug-likeness (QED) is 0.364. The Labute approximate surface area is 100.0 Å². The standard InChI is InChI=1S/C10H21NO4S/c11-8(10(13)14)4-6-16-5-3-7-1-2-9(12)15-7/h7-10,12-14H,1-6,11H2/t7?,8?,9-/m1/s1. The zero-order valence-corrected chi connectivity index (χ0v) is 10.1. The lowest BCUT2D eigenvalue weighted by molar-refractivity contribution is -0.0902. The molecule has 0 spiro atoms. The van der Waals surface area contributed by atoms with Gasteiger partial charge in [0.2, 0.25) is 0 Å². The molecule has 6 heteroatoms. The summed E-state index contributed by atoms with van der Waals surface area (Å²) in [5.74, 6) is 1.76. The van der Waals surface area contributed by atoms with E-state index in [1.807, 2.05) is 0 Å². The van der Waals surface area contributed by atoms with E-state index in [9.17, 15) is 0 Å². The Bertz CT molecular complexity index is 194. The van der Waals surface area contributed by atoms with Crippen LogP contribution < -0.4 is 5.73 Å². The molecule has 1 rings (SSSR count). The molecule has 0 saturated carbocycles. The number of aliphatic hydroxyl groups excluding tert-OH is 2. The van der Waals surface area contributed by atoms with Crippen LogP contribution in [-0.4, -0.2) is 51.6 Å². The zero-order chi connectivity index (χ0) is 12.0. The van der Waals surface area contributed by atoms with Crippen molar-refractivity contribution in [2.45, 2.75) is 50.4 Å². The van der Waals surface area contributed by atoms with Crippen LogP contribution in [0.25, 0.3) is 0 Å². The fourth-order valence-corrected chi connectivity index (χ4v) is 2.66. The van der Waals surface area contributed by atoms with Gasteiger partial charge in [-0.15, -0.1) is 0 Å². The predicted octanol–water partition coefficient (Wildman–Crippen LogP) is -0.365. The highest BCUT2D eigenvalue weighted by Crippen LogP contribution is 2.22. The first-order valence-electron chi connectivity index (χ1n) is 5.62. The molecule has 1 fully saturated rings. The van der Waals surface area contributed by atoms with Gasteiger partial charge >= 0.3 is 0 Å². The molecule has 5 N–H and O–H groups in total. The van der Waals surface area contributed by atoms with Gasteiger partial charge in [0, 0.05) is 6.42 Å². The van der Waals surface area contributed by atoms with Crippen LogP contribution in [0, 0.1) is 0 Å². The van der Waals surface area contributed by atoms with Gasteiger partial charge in [0.1, 0.15) is 0 Å². The Kier molecular flexibility index (Phi) is 6.64. The third kappa shape index (κ3) is 5.47. The van der Waals surface area contributed by atoms with E-state index in [2.05, 4.69) is 0 Å². The van der Waals surface area contributed by atoms with E-state index in [1.165, 1.54) is 0 Å². The summed E-state index contributed by atoms with van der Waals surface area (Å²) in [5.41, 5.74) is 5.47. The Morgan fingerprint density at radius 2 is 2.06 bits per heavy atom. The van der Waals surface area contributed by atoms with Crippen LogP contribution in [-0.2, 0) is 4.74 Å². The van der Waals surface area contributed by atoms with Gasteiger partial charge < -0.3 is 25.8 Å². The molecule has 16 heavy (non-hydrogen) atoms. The molecule has 0 bridgehead atoms. The minimum absolute atomic E-state index is 0.180. The Morgan fingerprint density at radius 1 is 1.31 bits per heavy atom. The summed E-state index contributed by atoms with van der Waals surface area (Å²) >= 11 is 1.72. The van der Waals surface area contributed by atoms with Crippen LogP contribution in [0.3, 0.4) is 0 Å². The summed E-state index contributed by atoms with van der Waals surface area (Å²) in [6.45, 7) is 0. The first-order valence-corrected chi connectivity index (χ1v) is 6.78. The van der Waals surface area contributed by atoms with E-state index in [4.69, 9.17) is 25.8 Å². The van der Waals surface area contributed by atoms with Gasteiger partial charge in [-0.25, -0.2) is 0 Å². The fraction of sp³-hybridized carbons (Fsp3) is 1.00. The molecule has 0 aromatic carbocycles. The molecule has 96 valence electrons. The maximum absolute atomic E-state index is 9.14. The summed E-state index contributed by atoms with van der Waals surface area (Å²) in [6.07, 6.45) is 1.37. The smallest absolute Gasteiger partial charge is 0.166 e. The SMILES string of the molecule is NC(CCSCCC1CC[C@H](O)O1)C(O)O. The number of hydrogen-bond donors (Lipinski definition) is 4. The molecule has 1 heterocycles. The molecule has 0 aromatic rings. The molecule has 1 saturated heterocycles. The molecule has 2 unspecified atom stereocenters. The number of thioether (sulfide) groups is 1. The minimum Gasteiger partial charge on any atom is -0.368 e. The second-order valence-corrected chi connectivity index (χ2v) is 5.28. The molecule has 0 amide bonds. The number of ether oxygens (including phenoxy) is 1. The van der Waals surface area contributed by atoms with Gasteiger partial charge in [-0.1, -0.05) is 0 Å². The van der Waals surface area contributed by atoms with Crippen LogP contribution in [0.2, 0.25) is 0 Å². The van der Waals surface area contributed by atoms with Crippen molar-refractivity contribution < 1.29 is 20.1 Å². The summed E-state index contributed by atoms with van der Waals surface area (Å²) in [5, 5.41) is 26.6. The Hall–Kier alpha value is 0.150. The maximum atomic E-state index is 9.14. The highest BCUT2D eigenvalue weighted by Gasteiger charge is 2.22. The molecule has 0 aromatic heterocycles. The third-order valence-corrected chi connectivity index (χ3v) is 3.70. The van der Waals surface area contributed by atoms with E-state index >= 15 is 0 Å². The van der Waals surface area contributed by atoms with Gasteiger partial charge in [-0.05, 0) is 30.8 Å². The normalized spacial score (nSPS) is 27.6. The third-order valence-electron chi connectivity index (χ3n) is 2.65. The number of hydrogen-bond acceptors (Lipinski definition) is 6. The summed E-state index contributed by atoms with van der Waals surface area (Å²) < 4.78 is 5.26. The van der Waals surface area contributed by atoms with Crippen molar-refractivity contribution in [1.82, 2.24) is 0 Å². The molecule has 0 aliphatic carbocycles. The van der Waals surface area contributed by atoms with Gasteiger partial charge in [0.05, 0.1) is 12.1 Å². The van der Waals surface area contributed by atoms with Crippen LogP contribution in [0.15, 0.2) is 0 Å². The highest BCUT2D eigenvalue weighted by molar-refractivity contribution is 7.99. The second-order valence-electron chi connectivity index (χ2n) is 4.06. The van der Waals surface area contributed by atoms with Crippen molar-refractivity contribution in [3.63, 3.8) is 0 Å². The van der Waals surface area contributed by atoms with E-state index in [0.717, 1.165) is 30.8 Å². The van der Waals surface area contributed by atoms with Gasteiger partial charge in [-0.3, -0.25) is 0 Å². The lowest BCUT2D eigenvalue weighted by Crippen LogP contribution is -2.34. The van der Waals surface area contributed by atoms with E-state index < -0.39 is 18.6 Å². The average Bonchev–Trinajstić information content (AvgIpc) is 2.63. The number of nitrogens with two attached hydrogens (primary N) is 1. The number of rotatable bonds is 7. The predicted molar refractivity (Wildman–Crippen MR) is 62.9 cm³/mol. The van der Waals surface area contributed by atoms with Crippen LogP contribution in [0.4, 0.5) is 0 Å². The Morgan fingerprint density at radius 3 is 2.62 bits per heavy atom. The topological polar surface area (TPSA) is 95.9 Å². The monoisotopic (exact) mass is 251 g/mol. The molecule has 5 nitrogen and oxygen atoms in total. The van der Waals surface area contributed by atoms with Crippen molar-refractivity contribution >= 4 is 11.8 Å². The van der Waals surface area contributed by atoms with Crippen molar-refractivity contribution in [2.24, 2.45) is 5.73 Å². The minimum atomic E-state index is -1.42. The average molecular weight is 251 g/mol. The number of aliphatic hydroxyl groups is 3. The summed E-state index contributed by atoms with van der Waals surface area (Å²) in [6, 6.07) is -0.558. The lowest BCUT2D eigenvalue weighted by atomic mass is 10.2.